The average molecular weight is 604 g/mol. The molecule has 0 radical (unpaired) electrons. The third kappa shape index (κ3) is 6.90. The van der Waals surface area contributed by atoms with Crippen LogP contribution >= 0.6 is 0 Å². The number of aromatic amines is 1. The molecular formula is C34H36F3N5O2. The number of ether oxygens (including phenoxy) is 1. The molecule has 44 heavy (non-hydrogen) atoms. The van der Waals surface area contributed by atoms with Crippen molar-refractivity contribution in [2.45, 2.75) is 52.5 Å². The first-order chi connectivity index (χ1) is 21.1. The van der Waals surface area contributed by atoms with Gasteiger partial charge in [0.05, 0.1) is 23.7 Å². The molecule has 1 aliphatic heterocycles. The van der Waals surface area contributed by atoms with Gasteiger partial charge in [-0.3, -0.25) is 4.79 Å². The summed E-state index contributed by atoms with van der Waals surface area (Å²) in [6.45, 7) is 9.46. The van der Waals surface area contributed by atoms with Crippen molar-refractivity contribution in [1.82, 2.24) is 19.7 Å². The number of halogens is 3. The fraction of sp³-hybridized carbons (Fsp3) is 0.294. The van der Waals surface area contributed by atoms with Gasteiger partial charge in [0.15, 0.2) is 5.76 Å². The van der Waals surface area contributed by atoms with Gasteiger partial charge < -0.3 is 20.4 Å². The highest BCUT2D eigenvalue weighted by atomic mass is 19.2. The van der Waals surface area contributed by atoms with E-state index in [1.165, 1.54) is 49.9 Å². The Kier molecular flexibility index (Phi) is 10.3. The zero-order valence-corrected chi connectivity index (χ0v) is 25.2. The number of allylic oxidation sites excluding steroid dienone is 8. The number of carbonyl (C=O) groups is 1. The molecule has 3 N–H and O–H groups in total. The summed E-state index contributed by atoms with van der Waals surface area (Å²) < 4.78 is 48.4. The van der Waals surface area contributed by atoms with E-state index in [0.717, 1.165) is 47.8 Å². The summed E-state index contributed by atoms with van der Waals surface area (Å²) in [5, 5.41) is 5.04. The highest BCUT2D eigenvalue weighted by Gasteiger charge is 2.24. The number of aromatic nitrogens is 3. The molecule has 10 heteroatoms. The molecule has 0 saturated carbocycles. The van der Waals surface area contributed by atoms with E-state index in [4.69, 9.17) is 16.9 Å². The van der Waals surface area contributed by atoms with Crippen LogP contribution in [0.4, 0.5) is 19.0 Å². The predicted octanol–water partition coefficient (Wildman–Crippen LogP) is 7.70. The Morgan fingerprint density at radius 1 is 1.18 bits per heavy atom. The van der Waals surface area contributed by atoms with Crippen LogP contribution in [0.25, 0.3) is 16.6 Å². The van der Waals surface area contributed by atoms with Crippen molar-refractivity contribution < 1.29 is 22.7 Å². The number of hydrogen-bond donors (Lipinski definition) is 2. The molecule has 0 spiro atoms. The molecule has 3 heterocycles. The minimum absolute atomic E-state index is 0.0805. The van der Waals surface area contributed by atoms with Crippen molar-refractivity contribution in [2.75, 3.05) is 18.8 Å². The third-order valence-corrected chi connectivity index (χ3v) is 7.73. The van der Waals surface area contributed by atoms with Crippen LogP contribution < -0.4 is 5.73 Å². The molecule has 0 bridgehead atoms. The lowest BCUT2D eigenvalue weighted by molar-refractivity contribution is 0.103. The number of rotatable bonds is 10. The average Bonchev–Trinajstić information content (AvgIpc) is 3.64. The largest absolute Gasteiger partial charge is 0.462 e. The molecule has 3 aromatic rings. The fourth-order valence-corrected chi connectivity index (χ4v) is 5.20. The summed E-state index contributed by atoms with van der Waals surface area (Å²) in [5.41, 5.74) is 8.69. The smallest absolute Gasteiger partial charge is 0.214 e. The lowest BCUT2D eigenvalue weighted by Crippen LogP contribution is -2.37. The highest BCUT2D eigenvalue weighted by Crippen LogP contribution is 2.32. The summed E-state index contributed by atoms with van der Waals surface area (Å²) in [7, 11) is 0. The van der Waals surface area contributed by atoms with Gasteiger partial charge in [0, 0.05) is 16.9 Å². The summed E-state index contributed by atoms with van der Waals surface area (Å²) in [4.78, 5) is 19.2. The Morgan fingerprint density at radius 2 is 1.91 bits per heavy atom. The second kappa shape index (κ2) is 14.1. The topological polar surface area (TPSA) is 89.2 Å². The number of ketones is 1. The first-order valence-corrected chi connectivity index (χ1v) is 14.4. The van der Waals surface area contributed by atoms with Gasteiger partial charge >= 0.3 is 0 Å². The maximum atomic E-state index is 14.9. The summed E-state index contributed by atoms with van der Waals surface area (Å²) >= 11 is 0. The number of nitrogens with zero attached hydrogens (tertiary/aromatic N) is 3. The molecule has 1 aliphatic rings. The van der Waals surface area contributed by atoms with E-state index in [2.05, 4.69) is 41.0 Å². The quantitative estimate of drug-likeness (QED) is 0.107. The van der Waals surface area contributed by atoms with Crippen molar-refractivity contribution in [1.29, 1.82) is 0 Å². The molecule has 0 unspecified atom stereocenters. The monoisotopic (exact) mass is 603 g/mol. The molecule has 7 nitrogen and oxygen atoms in total. The zero-order chi connectivity index (χ0) is 32.0. The lowest BCUT2D eigenvalue weighted by atomic mass is 9.88. The number of piperidine rings is 1. The maximum absolute atomic E-state index is 14.9. The molecule has 1 fully saturated rings. The number of H-pyrrole nitrogens is 1. The first kappa shape index (κ1) is 32.2. The Hall–Kier alpha value is -4.75. The van der Waals surface area contributed by atoms with E-state index in [1.54, 1.807) is 12.0 Å². The molecule has 4 rings (SSSR count). The summed E-state index contributed by atoms with van der Waals surface area (Å²) in [5.74, 6) is -2.37. The fourth-order valence-electron chi connectivity index (χ4n) is 5.20. The second-order valence-corrected chi connectivity index (χ2v) is 10.7. The molecule has 1 aromatic carbocycles. The van der Waals surface area contributed by atoms with Gasteiger partial charge in [0.1, 0.15) is 17.3 Å². The Labute approximate surface area is 255 Å². The van der Waals surface area contributed by atoms with Crippen molar-refractivity contribution in [2.24, 2.45) is 0 Å². The number of hydrogen-bond acceptors (Lipinski definition) is 5. The standard InChI is InChI=1S/C34H36F3N5O2/c1-6-26(35)30(10-9-17-44-31(8-3)32(37)27(36)7-2)42-34(38)25(20-39-42)33(43)29-19-24-12-11-23(18-28(24)40-29)22-13-15-41(16-14-22)21(4)5/h2,6,8-12,17-22,40H,13-16,38H2,1,3-5H3/b17-9+,26-6+,30-10+,31-8+,32-27-. The molecule has 0 aliphatic carbocycles. The lowest BCUT2D eigenvalue weighted by Gasteiger charge is -2.34. The summed E-state index contributed by atoms with van der Waals surface area (Å²) in [6.07, 6.45) is 14.2. The van der Waals surface area contributed by atoms with Gasteiger partial charge in [0.25, 0.3) is 0 Å². The van der Waals surface area contributed by atoms with Crippen LogP contribution in [0.1, 0.15) is 68.1 Å². The SMILES string of the molecule is C#C/C(F)=C(F)\C(=C/C)O/C=C/C=C(\C(F)=C/C)n1ncc(C(=O)c2cc3ccc(C4CCN(C(C)C)CC4)cc3[nH]2)c1N. The zero-order valence-electron chi connectivity index (χ0n) is 25.2. The van der Waals surface area contributed by atoms with Crippen molar-refractivity contribution >= 4 is 28.2 Å². The van der Waals surface area contributed by atoms with Crippen LogP contribution in [0.15, 0.2) is 84.3 Å². The van der Waals surface area contributed by atoms with Crippen molar-refractivity contribution in [3.05, 3.63) is 101 Å². The van der Waals surface area contributed by atoms with Crippen molar-refractivity contribution in [3.63, 3.8) is 0 Å². The van der Waals surface area contributed by atoms with Crippen LogP contribution in [0.2, 0.25) is 0 Å². The van der Waals surface area contributed by atoms with Crippen LogP contribution in [0, 0.1) is 12.3 Å². The van der Waals surface area contributed by atoms with E-state index in [0.29, 0.717) is 17.7 Å². The minimum atomic E-state index is -1.41. The van der Waals surface area contributed by atoms with Gasteiger partial charge in [-0.1, -0.05) is 12.1 Å². The number of terminal acetylenes is 1. The van der Waals surface area contributed by atoms with Gasteiger partial charge in [-0.25, -0.2) is 9.07 Å². The second-order valence-electron chi connectivity index (χ2n) is 10.7. The van der Waals surface area contributed by atoms with Gasteiger partial charge in [0.2, 0.25) is 17.4 Å². The molecule has 230 valence electrons. The Bertz CT molecular complexity index is 1720. The van der Waals surface area contributed by atoms with E-state index >= 15 is 0 Å². The maximum Gasteiger partial charge on any atom is 0.214 e. The third-order valence-electron chi connectivity index (χ3n) is 7.73. The van der Waals surface area contributed by atoms with Gasteiger partial charge in [-0.05, 0) is 107 Å². The number of benzene rings is 1. The number of anilines is 1. The number of nitrogen functional groups attached to an aromatic ring is 1. The number of carbonyl (C=O) groups excluding carboxylic acids is 1. The molecule has 0 amide bonds. The number of likely N-dealkylation sites (tertiary alicyclic amines) is 1. The van der Waals surface area contributed by atoms with E-state index < -0.39 is 29.0 Å². The van der Waals surface area contributed by atoms with E-state index in [-0.39, 0.29) is 17.1 Å². The first-order valence-electron chi connectivity index (χ1n) is 14.4. The Balaban J connectivity index is 1.55. The molecule has 1 saturated heterocycles. The van der Waals surface area contributed by atoms with E-state index in [9.17, 15) is 18.0 Å². The molecule has 0 atom stereocenters. The Morgan fingerprint density at radius 3 is 2.55 bits per heavy atom. The summed E-state index contributed by atoms with van der Waals surface area (Å²) in [6, 6.07) is 8.54. The van der Waals surface area contributed by atoms with Crippen LogP contribution in [0.3, 0.4) is 0 Å². The molecular weight excluding hydrogens is 567 g/mol. The number of nitrogens with one attached hydrogen (secondary N) is 1. The molecule has 2 aromatic heterocycles. The van der Waals surface area contributed by atoms with E-state index in [1.807, 2.05) is 6.07 Å². The van der Waals surface area contributed by atoms with Crippen LogP contribution in [0.5, 0.6) is 0 Å². The number of nitrogens with two attached hydrogens (primary N) is 1. The van der Waals surface area contributed by atoms with Crippen LogP contribution in [-0.4, -0.2) is 44.6 Å². The normalized spacial score (nSPS) is 16.6. The van der Waals surface area contributed by atoms with Gasteiger partial charge in [-0.2, -0.15) is 13.9 Å². The van der Waals surface area contributed by atoms with Crippen LogP contribution in [-0.2, 0) is 4.74 Å². The number of fused-ring (bicyclic) bond motifs is 1. The van der Waals surface area contributed by atoms with Gasteiger partial charge in [-0.15, -0.1) is 6.42 Å². The highest BCUT2D eigenvalue weighted by molar-refractivity contribution is 6.12. The predicted molar refractivity (Wildman–Crippen MR) is 168 cm³/mol. The minimum Gasteiger partial charge on any atom is -0.462 e. The van der Waals surface area contributed by atoms with Crippen molar-refractivity contribution in [3.8, 4) is 12.3 Å².